The number of carbonyl (C=O) groups excluding carboxylic acids is 1. The van der Waals surface area contributed by atoms with Gasteiger partial charge >= 0.3 is 5.97 Å². The predicted molar refractivity (Wildman–Crippen MR) is 83.1 cm³/mol. The van der Waals surface area contributed by atoms with Gasteiger partial charge in [-0.15, -0.1) is 0 Å². The SMILES string of the molecule is CC(CCC(=O)O)NC(=O)CC(c1ccccc1)C(C)C. The van der Waals surface area contributed by atoms with Crippen molar-refractivity contribution in [3.63, 3.8) is 0 Å². The number of aliphatic carboxylic acids is 1. The van der Waals surface area contributed by atoms with Crippen LogP contribution in [0.5, 0.6) is 0 Å². The summed E-state index contributed by atoms with van der Waals surface area (Å²) in [6.45, 7) is 6.06. The molecule has 116 valence electrons. The first-order valence-electron chi connectivity index (χ1n) is 7.46. The van der Waals surface area contributed by atoms with Crippen molar-refractivity contribution in [2.75, 3.05) is 0 Å². The van der Waals surface area contributed by atoms with Gasteiger partial charge < -0.3 is 10.4 Å². The van der Waals surface area contributed by atoms with Gasteiger partial charge in [0.05, 0.1) is 0 Å². The third kappa shape index (κ3) is 6.43. The van der Waals surface area contributed by atoms with Crippen molar-refractivity contribution < 1.29 is 14.7 Å². The Morgan fingerprint density at radius 1 is 1.14 bits per heavy atom. The number of carboxylic acid groups (broad SMARTS) is 1. The summed E-state index contributed by atoms with van der Waals surface area (Å²) < 4.78 is 0. The summed E-state index contributed by atoms with van der Waals surface area (Å²) in [5.74, 6) is -0.304. The van der Waals surface area contributed by atoms with Crippen LogP contribution in [0.2, 0.25) is 0 Å². The van der Waals surface area contributed by atoms with Gasteiger partial charge in [0.15, 0.2) is 0 Å². The molecule has 0 fully saturated rings. The average Bonchev–Trinajstić information content (AvgIpc) is 2.43. The Labute approximate surface area is 126 Å². The molecule has 0 saturated carbocycles. The number of carbonyl (C=O) groups is 2. The van der Waals surface area contributed by atoms with Gasteiger partial charge in [-0.05, 0) is 30.7 Å². The van der Waals surface area contributed by atoms with E-state index in [9.17, 15) is 9.59 Å². The second-order valence-corrected chi connectivity index (χ2v) is 5.87. The molecule has 0 saturated heterocycles. The maximum Gasteiger partial charge on any atom is 0.303 e. The van der Waals surface area contributed by atoms with Crippen LogP contribution < -0.4 is 5.32 Å². The van der Waals surface area contributed by atoms with E-state index in [1.165, 1.54) is 5.56 Å². The van der Waals surface area contributed by atoms with E-state index in [1.807, 2.05) is 37.3 Å². The maximum absolute atomic E-state index is 12.1. The molecule has 4 heteroatoms. The fourth-order valence-electron chi connectivity index (χ4n) is 2.38. The van der Waals surface area contributed by atoms with E-state index in [0.717, 1.165) is 0 Å². The Balaban J connectivity index is 2.56. The standard InChI is InChI=1S/C17H25NO3/c1-12(2)15(14-7-5-4-6-8-14)11-16(19)18-13(3)9-10-17(20)21/h4-8,12-13,15H,9-11H2,1-3H3,(H,18,19)(H,20,21). The first-order chi connectivity index (χ1) is 9.90. The normalized spacial score (nSPS) is 13.7. The molecular formula is C17H25NO3. The Morgan fingerprint density at radius 3 is 2.29 bits per heavy atom. The van der Waals surface area contributed by atoms with Crippen molar-refractivity contribution in [2.24, 2.45) is 5.92 Å². The number of rotatable bonds is 8. The third-order valence-electron chi connectivity index (χ3n) is 3.64. The predicted octanol–water partition coefficient (Wildman–Crippen LogP) is 3.19. The number of benzene rings is 1. The molecule has 2 N–H and O–H groups in total. The van der Waals surface area contributed by atoms with E-state index < -0.39 is 5.97 Å². The van der Waals surface area contributed by atoms with E-state index in [1.54, 1.807) is 0 Å². The van der Waals surface area contributed by atoms with Crippen LogP contribution in [-0.2, 0) is 9.59 Å². The summed E-state index contributed by atoms with van der Waals surface area (Å²) in [5, 5.41) is 11.5. The van der Waals surface area contributed by atoms with E-state index >= 15 is 0 Å². The van der Waals surface area contributed by atoms with Gasteiger partial charge in [0.25, 0.3) is 0 Å². The van der Waals surface area contributed by atoms with Gasteiger partial charge in [0.1, 0.15) is 0 Å². The van der Waals surface area contributed by atoms with Crippen molar-refractivity contribution >= 4 is 11.9 Å². The van der Waals surface area contributed by atoms with Gasteiger partial charge in [0.2, 0.25) is 5.91 Å². The highest BCUT2D eigenvalue weighted by molar-refractivity contribution is 5.77. The van der Waals surface area contributed by atoms with Gasteiger partial charge in [-0.1, -0.05) is 44.2 Å². The molecule has 2 atom stereocenters. The molecule has 21 heavy (non-hydrogen) atoms. The molecule has 0 aliphatic heterocycles. The molecule has 1 aromatic rings. The Hall–Kier alpha value is -1.84. The van der Waals surface area contributed by atoms with Gasteiger partial charge in [-0.2, -0.15) is 0 Å². The average molecular weight is 291 g/mol. The molecule has 4 nitrogen and oxygen atoms in total. The lowest BCUT2D eigenvalue weighted by Crippen LogP contribution is -2.34. The Bertz CT molecular complexity index is 456. The molecule has 0 aliphatic rings. The number of nitrogens with one attached hydrogen (secondary N) is 1. The molecule has 1 rings (SSSR count). The van der Waals surface area contributed by atoms with Crippen molar-refractivity contribution in [3.05, 3.63) is 35.9 Å². The fraction of sp³-hybridized carbons (Fsp3) is 0.529. The van der Waals surface area contributed by atoms with Crippen LogP contribution in [0.25, 0.3) is 0 Å². The van der Waals surface area contributed by atoms with Crippen molar-refractivity contribution in [2.45, 2.75) is 52.0 Å². The molecule has 0 aliphatic carbocycles. The Kier molecular flexibility index (Phi) is 6.92. The van der Waals surface area contributed by atoms with Crippen molar-refractivity contribution in [1.29, 1.82) is 0 Å². The van der Waals surface area contributed by atoms with Crippen LogP contribution in [0.15, 0.2) is 30.3 Å². The number of amides is 1. The molecule has 1 amide bonds. The quantitative estimate of drug-likeness (QED) is 0.773. The van der Waals surface area contributed by atoms with Crippen LogP contribution in [0.1, 0.15) is 51.5 Å². The molecule has 1 aromatic carbocycles. The topological polar surface area (TPSA) is 66.4 Å². The zero-order valence-corrected chi connectivity index (χ0v) is 13.0. The van der Waals surface area contributed by atoms with Crippen LogP contribution in [0.4, 0.5) is 0 Å². The van der Waals surface area contributed by atoms with Crippen LogP contribution in [0, 0.1) is 5.92 Å². The highest BCUT2D eigenvalue weighted by Gasteiger charge is 2.20. The van der Waals surface area contributed by atoms with Crippen LogP contribution >= 0.6 is 0 Å². The van der Waals surface area contributed by atoms with E-state index in [-0.39, 0.29) is 24.3 Å². The summed E-state index contributed by atoms with van der Waals surface area (Å²) >= 11 is 0. The first-order valence-corrected chi connectivity index (χ1v) is 7.46. The van der Waals surface area contributed by atoms with Gasteiger partial charge in [0, 0.05) is 18.9 Å². The molecule has 2 unspecified atom stereocenters. The number of hydrogen-bond donors (Lipinski definition) is 2. The largest absolute Gasteiger partial charge is 0.481 e. The van der Waals surface area contributed by atoms with Crippen molar-refractivity contribution in [3.8, 4) is 0 Å². The summed E-state index contributed by atoms with van der Waals surface area (Å²) in [6, 6.07) is 9.92. The number of hydrogen-bond acceptors (Lipinski definition) is 2. The van der Waals surface area contributed by atoms with E-state index in [4.69, 9.17) is 5.11 Å². The van der Waals surface area contributed by atoms with Crippen molar-refractivity contribution in [1.82, 2.24) is 5.32 Å². The number of carboxylic acids is 1. The monoisotopic (exact) mass is 291 g/mol. The third-order valence-corrected chi connectivity index (χ3v) is 3.64. The van der Waals surface area contributed by atoms with Crippen LogP contribution in [0.3, 0.4) is 0 Å². The maximum atomic E-state index is 12.1. The van der Waals surface area contributed by atoms with Crippen LogP contribution in [-0.4, -0.2) is 23.0 Å². The second kappa shape index (κ2) is 8.45. The molecule has 0 spiro atoms. The Morgan fingerprint density at radius 2 is 1.76 bits per heavy atom. The minimum atomic E-state index is -0.833. The zero-order valence-electron chi connectivity index (χ0n) is 13.0. The summed E-state index contributed by atoms with van der Waals surface area (Å²) in [5.41, 5.74) is 1.17. The van der Waals surface area contributed by atoms with Gasteiger partial charge in [-0.3, -0.25) is 9.59 Å². The second-order valence-electron chi connectivity index (χ2n) is 5.87. The molecule has 0 aromatic heterocycles. The highest BCUT2D eigenvalue weighted by Crippen LogP contribution is 2.27. The summed E-state index contributed by atoms with van der Waals surface area (Å²) in [7, 11) is 0. The molecule has 0 heterocycles. The molecular weight excluding hydrogens is 266 g/mol. The molecule has 0 radical (unpaired) electrons. The first kappa shape index (κ1) is 17.2. The van der Waals surface area contributed by atoms with E-state index in [0.29, 0.717) is 18.8 Å². The fourth-order valence-corrected chi connectivity index (χ4v) is 2.38. The lowest BCUT2D eigenvalue weighted by atomic mass is 9.85. The minimum absolute atomic E-state index is 0.0181. The lowest BCUT2D eigenvalue weighted by molar-refractivity contribution is -0.137. The smallest absolute Gasteiger partial charge is 0.303 e. The molecule has 0 bridgehead atoms. The van der Waals surface area contributed by atoms with Gasteiger partial charge in [-0.25, -0.2) is 0 Å². The highest BCUT2D eigenvalue weighted by atomic mass is 16.4. The summed E-state index contributed by atoms with van der Waals surface area (Å²) in [6.07, 6.45) is 0.964. The summed E-state index contributed by atoms with van der Waals surface area (Å²) in [4.78, 5) is 22.7. The minimum Gasteiger partial charge on any atom is -0.481 e. The lowest BCUT2D eigenvalue weighted by Gasteiger charge is -2.22. The van der Waals surface area contributed by atoms with E-state index in [2.05, 4.69) is 19.2 Å². The zero-order chi connectivity index (χ0) is 15.8.